The van der Waals surface area contributed by atoms with Crippen LogP contribution >= 0.6 is 0 Å². The lowest BCUT2D eigenvalue weighted by atomic mass is 9.79. The number of ketones is 2. The number of benzene rings is 1. The van der Waals surface area contributed by atoms with Gasteiger partial charge in [0, 0.05) is 23.5 Å². The van der Waals surface area contributed by atoms with Crippen molar-refractivity contribution in [1.29, 1.82) is 0 Å². The van der Waals surface area contributed by atoms with Crippen LogP contribution in [0.2, 0.25) is 0 Å². The number of para-hydroxylation sites is 1. The second-order valence-electron chi connectivity index (χ2n) is 11.9. The van der Waals surface area contributed by atoms with E-state index < -0.39 is 16.5 Å². The number of aromatic nitrogens is 1. The van der Waals surface area contributed by atoms with Crippen LogP contribution in [-0.4, -0.2) is 49.1 Å². The summed E-state index contributed by atoms with van der Waals surface area (Å²) in [6, 6.07) is 14.8. The summed E-state index contributed by atoms with van der Waals surface area (Å²) in [5.41, 5.74) is -0.0305. The second-order valence-corrected chi connectivity index (χ2v) is 13.3. The lowest BCUT2D eigenvalue weighted by Crippen LogP contribution is -2.54. The number of hydrogen-bond donors (Lipinski definition) is 1. The number of rotatable bonds is 8. The summed E-state index contributed by atoms with van der Waals surface area (Å²) >= 11 is 0. The van der Waals surface area contributed by atoms with E-state index in [4.69, 9.17) is 4.42 Å². The van der Waals surface area contributed by atoms with Crippen LogP contribution in [-0.2, 0) is 20.6 Å². The molecule has 5 rings (SSSR count). The number of hydrogen-bond acceptors (Lipinski definition) is 6. The average molecular weight is 608 g/mol. The van der Waals surface area contributed by atoms with Crippen molar-refractivity contribution in [2.45, 2.75) is 108 Å². The molecule has 0 radical (unpaired) electrons. The van der Waals surface area contributed by atoms with E-state index in [0.29, 0.717) is 23.5 Å². The van der Waals surface area contributed by atoms with Crippen LogP contribution in [0.25, 0.3) is 11.0 Å². The first kappa shape index (κ1) is 32.7. The zero-order chi connectivity index (χ0) is 30.8. The van der Waals surface area contributed by atoms with Gasteiger partial charge in [-0.05, 0) is 70.2 Å². The van der Waals surface area contributed by atoms with Crippen LogP contribution in [0.3, 0.4) is 0 Å². The number of carbonyl (C=O) groups is 3. The molecule has 3 aromatic rings. The molecule has 3 heterocycles. The van der Waals surface area contributed by atoms with Crippen molar-refractivity contribution >= 4 is 39.4 Å². The van der Waals surface area contributed by atoms with Crippen molar-refractivity contribution in [3.05, 3.63) is 60.5 Å². The summed E-state index contributed by atoms with van der Waals surface area (Å²) in [5, 5.41) is 4.35. The maximum Gasteiger partial charge on any atom is 0.287 e. The molecule has 8 nitrogen and oxygen atoms in total. The largest absolute Gasteiger partial charge is 0.451 e. The quantitative estimate of drug-likeness (QED) is 0.301. The zero-order valence-electron chi connectivity index (χ0n) is 25.7. The van der Waals surface area contributed by atoms with Crippen LogP contribution in [0.5, 0.6) is 0 Å². The molecular formula is C34H45N3O5S. The molecule has 1 aromatic carbocycles. The summed E-state index contributed by atoms with van der Waals surface area (Å²) in [4.78, 5) is 41.2. The van der Waals surface area contributed by atoms with Crippen LogP contribution in [0.1, 0.15) is 102 Å². The maximum absolute atomic E-state index is 12.8. The average Bonchev–Trinajstić information content (AvgIpc) is 3.46. The van der Waals surface area contributed by atoms with Crippen molar-refractivity contribution in [2.24, 2.45) is 5.92 Å². The van der Waals surface area contributed by atoms with Gasteiger partial charge in [-0.15, -0.1) is 0 Å². The molecule has 1 saturated carbocycles. The Morgan fingerprint density at radius 2 is 1.81 bits per heavy atom. The molecule has 1 aliphatic heterocycles. The number of amides is 1. The molecule has 1 N–H and O–H groups in total. The minimum atomic E-state index is -1.36. The third-order valence-corrected chi connectivity index (χ3v) is 10.3. The highest BCUT2D eigenvalue weighted by Crippen LogP contribution is 2.30. The van der Waals surface area contributed by atoms with Gasteiger partial charge in [-0.2, -0.15) is 0 Å². The predicted octanol–water partition coefficient (Wildman–Crippen LogP) is 6.81. The number of carbonyl (C=O) groups excluding carboxylic acids is 3. The van der Waals surface area contributed by atoms with Crippen LogP contribution in [0, 0.1) is 5.92 Å². The van der Waals surface area contributed by atoms with E-state index in [9.17, 15) is 18.6 Å². The minimum Gasteiger partial charge on any atom is -0.451 e. The van der Waals surface area contributed by atoms with Crippen molar-refractivity contribution in [3.8, 4) is 0 Å². The normalized spacial score (nSPS) is 21.6. The van der Waals surface area contributed by atoms with Gasteiger partial charge in [0.2, 0.25) is 0 Å². The van der Waals surface area contributed by atoms with E-state index in [1.807, 2.05) is 40.7 Å². The monoisotopic (exact) mass is 607 g/mol. The Hall–Kier alpha value is -3.17. The van der Waals surface area contributed by atoms with Gasteiger partial charge >= 0.3 is 0 Å². The van der Waals surface area contributed by atoms with Crippen molar-refractivity contribution in [1.82, 2.24) is 14.6 Å². The first-order valence-corrected chi connectivity index (χ1v) is 16.8. The van der Waals surface area contributed by atoms with Crippen molar-refractivity contribution in [3.63, 3.8) is 0 Å². The van der Waals surface area contributed by atoms with Crippen LogP contribution in [0.4, 0.5) is 0 Å². The Balaban J connectivity index is 0.000000197. The lowest BCUT2D eigenvalue weighted by Gasteiger charge is -2.35. The highest BCUT2D eigenvalue weighted by atomic mass is 32.2. The first-order valence-electron chi connectivity index (χ1n) is 15.7. The molecule has 2 aromatic heterocycles. The number of unbranched alkanes of at least 4 members (excludes halogenated alkanes) is 1. The number of pyridine rings is 1. The SMILES string of the molecule is CC(=O)C1(NC(=O)c2cc3ccccc3o2)CCCCC1.CCCCC1CCCC(C)N(S(=O)c2ccccn2)CC1=O. The standard InChI is InChI=1S/C17H26N2O2S.C17H19NO3/c1-3-4-9-15-10-7-8-14(2)19(13-16(15)20)22(21)17-11-5-6-12-18-17;1-12(19)17(9-5-2-6-10-17)18-16(20)15-11-13-7-3-4-8-14(13)21-15/h5-6,11-12,14-15H,3-4,7-10,13H2,1-2H3;3-4,7-8,11H,2,5-6,9-10H2,1H3,(H,18,20). The Labute approximate surface area is 257 Å². The fourth-order valence-corrected chi connectivity index (χ4v) is 7.31. The molecule has 232 valence electrons. The number of nitrogens with zero attached hydrogens (tertiary/aromatic N) is 2. The van der Waals surface area contributed by atoms with Gasteiger partial charge in [0.25, 0.3) is 5.91 Å². The first-order chi connectivity index (χ1) is 20.7. The van der Waals surface area contributed by atoms with Crippen LogP contribution < -0.4 is 5.32 Å². The van der Waals surface area contributed by atoms with Crippen molar-refractivity contribution in [2.75, 3.05) is 6.54 Å². The van der Waals surface area contributed by atoms with Gasteiger partial charge < -0.3 is 9.73 Å². The molecule has 0 bridgehead atoms. The molecule has 2 fully saturated rings. The fraction of sp³-hybridized carbons (Fsp3) is 0.529. The summed E-state index contributed by atoms with van der Waals surface area (Å²) in [6.07, 6.45) is 12.3. The van der Waals surface area contributed by atoms with Gasteiger partial charge in [-0.1, -0.05) is 69.7 Å². The molecular weight excluding hydrogens is 562 g/mol. The summed E-state index contributed by atoms with van der Waals surface area (Å²) in [7, 11) is -1.36. The number of nitrogens with one attached hydrogen (secondary N) is 1. The van der Waals surface area contributed by atoms with Gasteiger partial charge in [0.15, 0.2) is 17.3 Å². The Morgan fingerprint density at radius 3 is 2.49 bits per heavy atom. The van der Waals surface area contributed by atoms with E-state index in [2.05, 4.69) is 24.1 Å². The van der Waals surface area contributed by atoms with E-state index in [1.54, 1.807) is 25.3 Å². The molecule has 1 amide bonds. The summed E-state index contributed by atoms with van der Waals surface area (Å²) < 4.78 is 20.2. The fourth-order valence-electron chi connectivity index (χ4n) is 6.04. The van der Waals surface area contributed by atoms with Gasteiger partial charge in [0.05, 0.1) is 12.1 Å². The molecule has 2 aliphatic rings. The molecule has 43 heavy (non-hydrogen) atoms. The Bertz CT molecular complexity index is 1370. The number of fused-ring (bicyclic) bond motifs is 1. The summed E-state index contributed by atoms with van der Waals surface area (Å²) in [5.74, 6) is 0.373. The van der Waals surface area contributed by atoms with Gasteiger partial charge in [-0.3, -0.25) is 14.4 Å². The molecule has 3 unspecified atom stereocenters. The Kier molecular flexibility index (Phi) is 11.8. The van der Waals surface area contributed by atoms with E-state index >= 15 is 0 Å². The van der Waals surface area contributed by atoms with E-state index in [1.165, 1.54) is 0 Å². The molecule has 1 aliphatic carbocycles. The zero-order valence-corrected chi connectivity index (χ0v) is 26.5. The molecule has 9 heteroatoms. The van der Waals surface area contributed by atoms with E-state index in [-0.39, 0.29) is 41.7 Å². The maximum atomic E-state index is 12.8. The topological polar surface area (TPSA) is 110 Å². The number of furan rings is 1. The van der Waals surface area contributed by atoms with Crippen molar-refractivity contribution < 1.29 is 23.0 Å². The predicted molar refractivity (Wildman–Crippen MR) is 169 cm³/mol. The third-order valence-electron chi connectivity index (χ3n) is 8.75. The summed E-state index contributed by atoms with van der Waals surface area (Å²) in [6.45, 7) is 6.04. The van der Waals surface area contributed by atoms with Gasteiger partial charge in [0.1, 0.15) is 21.6 Å². The molecule has 3 atom stereocenters. The highest BCUT2D eigenvalue weighted by molar-refractivity contribution is 7.82. The Morgan fingerprint density at radius 1 is 1.07 bits per heavy atom. The minimum absolute atomic E-state index is 0.0339. The van der Waals surface area contributed by atoms with Crippen LogP contribution in [0.15, 0.2) is 64.2 Å². The smallest absolute Gasteiger partial charge is 0.287 e. The van der Waals surface area contributed by atoms with Gasteiger partial charge in [-0.25, -0.2) is 13.5 Å². The highest BCUT2D eigenvalue weighted by Gasteiger charge is 2.38. The number of Topliss-reactive ketones (excluding diaryl/α,β-unsaturated/α-hetero) is 2. The second kappa shape index (κ2) is 15.5. The third kappa shape index (κ3) is 8.48. The van der Waals surface area contributed by atoms with E-state index in [0.717, 1.165) is 63.2 Å². The molecule has 0 spiro atoms. The molecule has 1 saturated heterocycles. The lowest BCUT2D eigenvalue weighted by molar-refractivity contribution is -0.125.